The van der Waals surface area contributed by atoms with E-state index in [-0.39, 0.29) is 18.0 Å². The topological polar surface area (TPSA) is 83.1 Å². The van der Waals surface area contributed by atoms with Gasteiger partial charge in [-0.05, 0) is 49.7 Å². The van der Waals surface area contributed by atoms with Crippen molar-refractivity contribution in [3.63, 3.8) is 0 Å². The van der Waals surface area contributed by atoms with Gasteiger partial charge in [0.2, 0.25) is 5.91 Å². The molecule has 1 saturated heterocycles. The molecule has 0 unspecified atom stereocenters. The van der Waals surface area contributed by atoms with Crippen LogP contribution in [0.3, 0.4) is 0 Å². The average Bonchev–Trinajstić information content (AvgIpc) is 3.30. The molecular weight excluding hydrogens is 342 g/mol. The maximum Gasteiger partial charge on any atom is 0.246 e. The second kappa shape index (κ2) is 7.31. The van der Waals surface area contributed by atoms with Gasteiger partial charge in [-0.25, -0.2) is 9.97 Å². The summed E-state index contributed by atoms with van der Waals surface area (Å²) in [6.45, 7) is 7.16. The van der Waals surface area contributed by atoms with Crippen LogP contribution in [0, 0.1) is 5.92 Å². The fourth-order valence-corrected chi connectivity index (χ4v) is 4.26. The fourth-order valence-electron chi connectivity index (χ4n) is 4.26. The molecule has 4 atom stereocenters. The smallest absolute Gasteiger partial charge is 0.246 e. The molecule has 2 aromatic rings. The first kappa shape index (κ1) is 18.0. The summed E-state index contributed by atoms with van der Waals surface area (Å²) in [7, 11) is 1.75. The number of H-pyrrole nitrogens is 1. The van der Waals surface area contributed by atoms with Gasteiger partial charge < -0.3 is 19.9 Å². The number of ether oxygens (including phenoxy) is 1. The molecule has 7 heteroatoms. The lowest BCUT2D eigenvalue weighted by Crippen LogP contribution is -2.49. The van der Waals surface area contributed by atoms with Gasteiger partial charge in [-0.3, -0.25) is 4.79 Å². The summed E-state index contributed by atoms with van der Waals surface area (Å²) in [5.41, 5.74) is 2.12. The van der Waals surface area contributed by atoms with E-state index in [4.69, 9.17) is 4.74 Å². The number of anilines is 1. The maximum absolute atomic E-state index is 12.1. The van der Waals surface area contributed by atoms with E-state index >= 15 is 0 Å². The van der Waals surface area contributed by atoms with Crippen LogP contribution in [0.4, 0.5) is 5.82 Å². The summed E-state index contributed by atoms with van der Waals surface area (Å²) in [5, 5.41) is 4.65. The van der Waals surface area contributed by atoms with Crippen LogP contribution in [0.15, 0.2) is 25.2 Å². The lowest BCUT2D eigenvalue weighted by molar-refractivity contribution is -0.129. The molecule has 1 saturated carbocycles. The van der Waals surface area contributed by atoms with Crippen LogP contribution in [0.2, 0.25) is 0 Å². The van der Waals surface area contributed by atoms with Crippen LogP contribution in [0.5, 0.6) is 0 Å². The molecule has 1 aliphatic carbocycles. The number of likely N-dealkylation sites (tertiary alicyclic amines) is 1. The van der Waals surface area contributed by atoms with E-state index in [1.54, 1.807) is 13.4 Å². The Morgan fingerprint density at radius 2 is 2.33 bits per heavy atom. The fraction of sp³-hybridized carbons (Fsp3) is 0.550. The number of methoxy groups -OCH3 is 1. The molecule has 4 rings (SSSR count). The Balaban J connectivity index is 1.56. The molecule has 0 bridgehead atoms. The zero-order valence-electron chi connectivity index (χ0n) is 15.9. The number of hydrogen-bond acceptors (Lipinski definition) is 5. The van der Waals surface area contributed by atoms with Crippen LogP contribution >= 0.6 is 0 Å². The zero-order valence-corrected chi connectivity index (χ0v) is 15.9. The van der Waals surface area contributed by atoms with Crippen molar-refractivity contribution in [1.29, 1.82) is 0 Å². The molecule has 27 heavy (non-hydrogen) atoms. The molecule has 1 amide bonds. The molecule has 1 aliphatic heterocycles. The van der Waals surface area contributed by atoms with Crippen LogP contribution in [-0.4, -0.2) is 58.1 Å². The minimum atomic E-state index is -0.00967. The number of fused-ring (bicyclic) bond motifs is 1. The first-order valence-corrected chi connectivity index (χ1v) is 9.62. The van der Waals surface area contributed by atoms with E-state index in [9.17, 15) is 4.79 Å². The number of aromatic nitrogens is 3. The van der Waals surface area contributed by atoms with Crippen LogP contribution < -0.4 is 5.32 Å². The quantitative estimate of drug-likeness (QED) is 0.765. The van der Waals surface area contributed by atoms with E-state index in [1.165, 1.54) is 11.6 Å². The van der Waals surface area contributed by atoms with Gasteiger partial charge in [0.05, 0.1) is 5.39 Å². The monoisotopic (exact) mass is 369 g/mol. The van der Waals surface area contributed by atoms with Crippen molar-refractivity contribution in [1.82, 2.24) is 19.9 Å². The largest absolute Gasteiger partial charge is 0.384 e. The van der Waals surface area contributed by atoms with Gasteiger partial charge in [-0.2, -0.15) is 0 Å². The highest BCUT2D eigenvalue weighted by atomic mass is 16.5. The SMILES string of the molecule is C=CC(=O)N1C[C@H](Nc2ncnc3[nH]cc([C@@H]4C[C@H]4COC)c23)CC[C@@H]1C. The molecule has 0 spiro atoms. The molecule has 2 aliphatic rings. The minimum absolute atomic E-state index is 0.00967. The molecule has 2 N–H and O–H groups in total. The number of hydrogen-bond donors (Lipinski definition) is 2. The van der Waals surface area contributed by atoms with E-state index in [0.717, 1.165) is 42.7 Å². The second-order valence-electron chi connectivity index (χ2n) is 7.71. The van der Waals surface area contributed by atoms with Crippen LogP contribution in [0.1, 0.15) is 37.7 Å². The molecule has 0 radical (unpaired) electrons. The summed E-state index contributed by atoms with van der Waals surface area (Å²) in [5.74, 6) is 1.91. The number of carbonyl (C=O) groups is 1. The first-order chi connectivity index (χ1) is 13.1. The maximum atomic E-state index is 12.1. The lowest BCUT2D eigenvalue weighted by Gasteiger charge is -2.38. The van der Waals surface area contributed by atoms with Crippen molar-refractivity contribution in [3.8, 4) is 0 Å². The van der Waals surface area contributed by atoms with Crippen molar-refractivity contribution in [2.24, 2.45) is 5.92 Å². The number of piperidine rings is 1. The Kier molecular flexibility index (Phi) is 4.86. The Labute approximate surface area is 159 Å². The number of nitrogens with one attached hydrogen (secondary N) is 2. The van der Waals surface area contributed by atoms with Crippen molar-refractivity contribution in [2.75, 3.05) is 25.6 Å². The summed E-state index contributed by atoms with van der Waals surface area (Å²) < 4.78 is 5.31. The van der Waals surface area contributed by atoms with E-state index < -0.39 is 0 Å². The van der Waals surface area contributed by atoms with Crippen molar-refractivity contribution >= 4 is 22.8 Å². The van der Waals surface area contributed by atoms with Gasteiger partial charge in [0.15, 0.2) is 0 Å². The number of amides is 1. The summed E-state index contributed by atoms with van der Waals surface area (Å²) in [4.78, 5) is 26.2. The van der Waals surface area contributed by atoms with Gasteiger partial charge in [0.25, 0.3) is 0 Å². The van der Waals surface area contributed by atoms with E-state index in [0.29, 0.717) is 18.4 Å². The summed E-state index contributed by atoms with van der Waals surface area (Å²) >= 11 is 0. The summed E-state index contributed by atoms with van der Waals surface area (Å²) in [6, 6.07) is 0.406. The third kappa shape index (κ3) is 3.43. The van der Waals surface area contributed by atoms with Crippen LogP contribution in [-0.2, 0) is 9.53 Å². The molecule has 2 fully saturated rings. The molecule has 7 nitrogen and oxygen atoms in total. The van der Waals surface area contributed by atoms with Crippen molar-refractivity contribution in [3.05, 3.63) is 30.7 Å². The highest BCUT2D eigenvalue weighted by molar-refractivity contribution is 5.91. The Morgan fingerprint density at radius 3 is 3.11 bits per heavy atom. The Hall–Kier alpha value is -2.41. The van der Waals surface area contributed by atoms with E-state index in [2.05, 4.69) is 40.0 Å². The predicted octanol–water partition coefficient (Wildman–Crippen LogP) is 2.69. The predicted molar refractivity (Wildman–Crippen MR) is 105 cm³/mol. The number of carbonyl (C=O) groups excluding carboxylic acids is 1. The third-order valence-corrected chi connectivity index (χ3v) is 5.88. The zero-order chi connectivity index (χ0) is 19.0. The van der Waals surface area contributed by atoms with Gasteiger partial charge in [0.1, 0.15) is 17.8 Å². The van der Waals surface area contributed by atoms with Crippen molar-refractivity contribution in [2.45, 2.75) is 44.2 Å². The molecule has 144 valence electrons. The Morgan fingerprint density at radius 1 is 1.48 bits per heavy atom. The second-order valence-corrected chi connectivity index (χ2v) is 7.71. The highest BCUT2D eigenvalue weighted by Crippen LogP contribution is 2.50. The molecule has 0 aromatic carbocycles. The normalized spacial score (nSPS) is 27.6. The molecule has 2 aromatic heterocycles. The van der Waals surface area contributed by atoms with Gasteiger partial charge >= 0.3 is 0 Å². The highest BCUT2D eigenvalue weighted by Gasteiger charge is 2.40. The van der Waals surface area contributed by atoms with Gasteiger partial charge in [-0.1, -0.05) is 6.58 Å². The summed E-state index contributed by atoms with van der Waals surface area (Å²) in [6.07, 6.45) is 8.14. The minimum Gasteiger partial charge on any atom is -0.384 e. The first-order valence-electron chi connectivity index (χ1n) is 9.62. The number of rotatable bonds is 6. The number of nitrogens with zero attached hydrogens (tertiary/aromatic N) is 3. The Bertz CT molecular complexity index is 848. The molecular formula is C20H27N5O2. The van der Waals surface area contributed by atoms with E-state index in [1.807, 2.05) is 4.90 Å². The van der Waals surface area contributed by atoms with Crippen molar-refractivity contribution < 1.29 is 9.53 Å². The van der Waals surface area contributed by atoms with Gasteiger partial charge in [0, 0.05) is 38.5 Å². The molecule has 3 heterocycles. The standard InChI is InChI=1S/C20H27N5O2/c1-4-17(26)25-9-14(6-5-12(25)2)24-20-18-16(15-7-13(15)10-27-3)8-21-19(18)22-11-23-20/h4,8,11-15H,1,5-7,9-10H2,2-3H3,(H2,21,22,23,24)/t12-,13-,14+,15+/m0/s1. The van der Waals surface area contributed by atoms with Gasteiger partial charge in [-0.15, -0.1) is 0 Å². The lowest BCUT2D eigenvalue weighted by atomic mass is 9.99. The average molecular weight is 369 g/mol. The third-order valence-electron chi connectivity index (χ3n) is 5.88. The number of aromatic amines is 1. The van der Waals surface area contributed by atoms with Crippen LogP contribution in [0.25, 0.3) is 11.0 Å².